The smallest absolute Gasteiger partial charge is 0.163 e. The van der Waals surface area contributed by atoms with E-state index in [1.807, 2.05) is 18.2 Å². The lowest BCUT2D eigenvalue weighted by Gasteiger charge is -2.45. The third-order valence-electron chi connectivity index (χ3n) is 5.41. The van der Waals surface area contributed by atoms with Gasteiger partial charge in [0.15, 0.2) is 7.38 Å². The minimum absolute atomic E-state index is 0.0195. The molecule has 0 saturated heterocycles. The molecule has 4 unspecified atom stereocenters. The van der Waals surface area contributed by atoms with Crippen LogP contribution in [0.25, 0.3) is 0 Å². The fraction of sp³-hybridized carbons (Fsp3) is 0.333. The summed E-state index contributed by atoms with van der Waals surface area (Å²) in [6.07, 6.45) is 0. The first-order valence-corrected chi connectivity index (χ1v) is 11.9. The molecule has 2 aromatic rings. The maximum absolute atomic E-state index is 13.6. The molecule has 1 aliphatic carbocycles. The van der Waals surface area contributed by atoms with Crippen LogP contribution in [-0.2, 0) is 0 Å². The van der Waals surface area contributed by atoms with E-state index in [4.69, 9.17) is 11.1 Å². The molecule has 2 nitrogen and oxygen atoms in total. The average Bonchev–Trinajstić information content (AvgIpc) is 2.92. The lowest BCUT2D eigenvalue weighted by molar-refractivity contribution is 0.337. The summed E-state index contributed by atoms with van der Waals surface area (Å²) in [5, 5.41) is 13.6. The number of hydroxylamine groups is 2. The molecular formula is C18H20ClNOSi. The number of rotatable bonds is 1. The summed E-state index contributed by atoms with van der Waals surface area (Å²) in [7, 11) is -0.228. The van der Waals surface area contributed by atoms with Crippen molar-refractivity contribution in [3.05, 3.63) is 70.4 Å². The Hall–Kier alpha value is -1.13. The van der Waals surface area contributed by atoms with E-state index in [2.05, 4.69) is 43.4 Å². The molecule has 0 N–H and O–H groups in total. The summed E-state index contributed by atoms with van der Waals surface area (Å²) >= 11 is 6.89. The van der Waals surface area contributed by atoms with Crippen LogP contribution in [0, 0.1) is 5.21 Å². The fourth-order valence-corrected chi connectivity index (χ4v) is 7.68. The van der Waals surface area contributed by atoms with Crippen molar-refractivity contribution in [3.8, 4) is 0 Å². The number of likely N-dealkylation sites (N-methyl/N-ethyl adjacent to an activating group) is 1. The molecule has 114 valence electrons. The highest BCUT2D eigenvalue weighted by Gasteiger charge is 2.59. The van der Waals surface area contributed by atoms with Gasteiger partial charge in [-0.3, -0.25) is 0 Å². The molecule has 4 heteroatoms. The molecule has 2 aromatic carbocycles. The predicted molar refractivity (Wildman–Crippen MR) is 95.7 cm³/mol. The first kappa shape index (κ1) is 14.5. The van der Waals surface area contributed by atoms with Crippen LogP contribution >= 0.6 is 11.1 Å². The number of nitrogens with zero attached hydrogens (tertiary/aromatic N) is 1. The van der Waals surface area contributed by atoms with Crippen LogP contribution in [0.3, 0.4) is 0 Å². The molecule has 4 rings (SSSR count). The van der Waals surface area contributed by atoms with Gasteiger partial charge in [-0.2, -0.15) is 11.1 Å². The molecule has 0 amide bonds. The Morgan fingerprint density at radius 3 is 2.14 bits per heavy atom. The molecule has 0 saturated carbocycles. The SMILES string of the molecule is C[N+]1([O-])c2ccccc2C2c3ccccc3C([Si](C)(C)Cl)C21. The third-order valence-corrected chi connectivity index (χ3v) is 8.24. The van der Waals surface area contributed by atoms with E-state index in [-0.39, 0.29) is 22.1 Å². The van der Waals surface area contributed by atoms with Gasteiger partial charge in [0.25, 0.3) is 0 Å². The van der Waals surface area contributed by atoms with Crippen LogP contribution in [0.5, 0.6) is 0 Å². The van der Waals surface area contributed by atoms with Gasteiger partial charge in [0.2, 0.25) is 0 Å². The van der Waals surface area contributed by atoms with Crippen molar-refractivity contribution in [1.29, 1.82) is 0 Å². The second-order valence-electron chi connectivity index (χ2n) is 7.19. The van der Waals surface area contributed by atoms with E-state index in [0.717, 1.165) is 5.69 Å². The molecule has 0 spiro atoms. The number of benzene rings is 2. The molecule has 2 aliphatic rings. The maximum atomic E-state index is 13.6. The van der Waals surface area contributed by atoms with Crippen LogP contribution in [0.4, 0.5) is 5.69 Å². The number of hydrogen-bond acceptors (Lipinski definition) is 1. The molecule has 1 heterocycles. The first-order valence-electron chi connectivity index (χ1n) is 7.78. The molecule has 0 bridgehead atoms. The van der Waals surface area contributed by atoms with E-state index in [9.17, 15) is 5.21 Å². The second kappa shape index (κ2) is 4.45. The van der Waals surface area contributed by atoms with Crippen molar-refractivity contribution >= 4 is 24.2 Å². The standard InChI is InChI=1S/C18H20ClNOSi/c1-20(21)15-11-7-6-10-14(15)16-12-8-4-5-9-13(12)18(17(16)20)22(2,3)19/h4-11,16-18H,1-3H3. The van der Waals surface area contributed by atoms with Gasteiger partial charge in [-0.1, -0.05) is 55.6 Å². The second-order valence-corrected chi connectivity index (χ2v) is 13.9. The van der Waals surface area contributed by atoms with Crippen molar-refractivity contribution in [1.82, 2.24) is 4.65 Å². The van der Waals surface area contributed by atoms with Crippen LogP contribution in [0.1, 0.15) is 28.1 Å². The Bertz CT molecular complexity index is 753. The number of fused-ring (bicyclic) bond motifs is 5. The summed E-state index contributed by atoms with van der Waals surface area (Å²) in [5.41, 5.74) is 4.90. The molecular weight excluding hydrogens is 310 g/mol. The Morgan fingerprint density at radius 1 is 0.955 bits per heavy atom. The minimum Gasteiger partial charge on any atom is -0.627 e. The fourth-order valence-electron chi connectivity index (χ4n) is 4.65. The van der Waals surface area contributed by atoms with E-state index < -0.39 is 7.38 Å². The summed E-state index contributed by atoms with van der Waals surface area (Å²) in [6, 6.07) is 16.6. The van der Waals surface area contributed by atoms with Crippen LogP contribution in [0.15, 0.2) is 48.5 Å². The molecule has 4 atom stereocenters. The monoisotopic (exact) mass is 329 g/mol. The highest BCUT2D eigenvalue weighted by Crippen LogP contribution is 2.60. The zero-order valence-corrected chi connectivity index (χ0v) is 14.8. The van der Waals surface area contributed by atoms with Crippen molar-refractivity contribution in [2.45, 2.75) is 30.6 Å². The molecule has 1 aliphatic heterocycles. The summed E-state index contributed by atoms with van der Waals surface area (Å²) < 4.78 is -0.302. The largest absolute Gasteiger partial charge is 0.627 e. The van der Waals surface area contributed by atoms with Gasteiger partial charge in [0, 0.05) is 11.1 Å². The van der Waals surface area contributed by atoms with Gasteiger partial charge >= 0.3 is 0 Å². The van der Waals surface area contributed by atoms with Gasteiger partial charge in [0.05, 0.1) is 13.0 Å². The van der Waals surface area contributed by atoms with E-state index in [1.165, 1.54) is 16.7 Å². The van der Waals surface area contributed by atoms with Gasteiger partial charge in [0.1, 0.15) is 11.7 Å². The van der Waals surface area contributed by atoms with Crippen molar-refractivity contribution in [2.75, 3.05) is 7.05 Å². The molecule has 22 heavy (non-hydrogen) atoms. The van der Waals surface area contributed by atoms with E-state index >= 15 is 0 Å². The Morgan fingerprint density at radius 2 is 1.50 bits per heavy atom. The average molecular weight is 330 g/mol. The highest BCUT2D eigenvalue weighted by atomic mass is 35.6. The zero-order valence-electron chi connectivity index (χ0n) is 13.1. The molecule has 0 aromatic heterocycles. The number of para-hydroxylation sites is 1. The molecule has 0 radical (unpaired) electrons. The topological polar surface area (TPSA) is 23.1 Å². The quantitative estimate of drug-likeness (QED) is 0.321. The summed E-state index contributed by atoms with van der Waals surface area (Å²) in [5.74, 6) is 0.186. The molecule has 0 fully saturated rings. The number of halogens is 1. The highest BCUT2D eigenvalue weighted by molar-refractivity contribution is 7.19. The Balaban J connectivity index is 2.02. The zero-order chi connectivity index (χ0) is 15.7. The van der Waals surface area contributed by atoms with Crippen molar-refractivity contribution in [3.63, 3.8) is 0 Å². The lowest BCUT2D eigenvalue weighted by atomic mass is 9.93. The van der Waals surface area contributed by atoms with Crippen LogP contribution in [-0.4, -0.2) is 20.5 Å². The minimum atomic E-state index is -2.03. The van der Waals surface area contributed by atoms with Gasteiger partial charge in [-0.15, -0.1) is 0 Å². The van der Waals surface area contributed by atoms with Crippen molar-refractivity contribution < 1.29 is 0 Å². The Kier molecular flexibility index (Phi) is 2.92. The predicted octanol–water partition coefficient (Wildman–Crippen LogP) is 4.72. The normalized spacial score (nSPS) is 32.5. The van der Waals surface area contributed by atoms with Crippen LogP contribution < -0.4 is 4.65 Å². The maximum Gasteiger partial charge on any atom is 0.163 e. The number of hydrogen-bond donors (Lipinski definition) is 0. The van der Waals surface area contributed by atoms with E-state index in [1.54, 1.807) is 7.05 Å². The van der Waals surface area contributed by atoms with Crippen LogP contribution in [0.2, 0.25) is 13.1 Å². The van der Waals surface area contributed by atoms with Gasteiger partial charge in [-0.05, 0) is 17.2 Å². The number of quaternary nitrogens is 1. The summed E-state index contributed by atoms with van der Waals surface area (Å²) in [4.78, 5) is 0. The lowest BCUT2D eigenvalue weighted by Crippen LogP contribution is -2.52. The van der Waals surface area contributed by atoms with Gasteiger partial charge < -0.3 is 9.85 Å². The van der Waals surface area contributed by atoms with E-state index in [0.29, 0.717) is 0 Å². The van der Waals surface area contributed by atoms with Crippen molar-refractivity contribution in [2.24, 2.45) is 0 Å². The summed E-state index contributed by atoms with van der Waals surface area (Å²) in [6.45, 7) is 4.34. The third kappa shape index (κ3) is 1.74. The first-order chi connectivity index (χ1) is 10.3. The Labute approximate surface area is 137 Å². The van der Waals surface area contributed by atoms with Gasteiger partial charge in [-0.25, -0.2) is 0 Å².